The zero-order chi connectivity index (χ0) is 18.8. The van der Waals surface area contributed by atoms with E-state index in [-0.39, 0.29) is 12.6 Å². The highest BCUT2D eigenvalue weighted by Gasteiger charge is 2.47. The molecule has 1 unspecified atom stereocenters. The van der Waals surface area contributed by atoms with E-state index in [1.807, 2.05) is 0 Å². The molecule has 1 aromatic carbocycles. The van der Waals surface area contributed by atoms with Crippen molar-refractivity contribution < 1.29 is 28.6 Å². The third kappa shape index (κ3) is 3.71. The monoisotopic (exact) mass is 368 g/mol. The number of nitrogens with zero attached hydrogens (tertiary/aromatic N) is 1. The second-order valence-electron chi connectivity index (χ2n) is 6.93. The van der Waals surface area contributed by atoms with Crippen molar-refractivity contribution >= 4 is 11.8 Å². The maximum absolute atomic E-state index is 13.9. The lowest BCUT2D eigenvalue weighted by Gasteiger charge is -2.29. The number of hydrogen-bond acceptors (Lipinski definition) is 4. The van der Waals surface area contributed by atoms with E-state index in [0.717, 1.165) is 49.1 Å². The molecule has 142 valence electrons. The first-order valence-corrected chi connectivity index (χ1v) is 8.81. The van der Waals surface area contributed by atoms with Crippen LogP contribution in [0.1, 0.15) is 42.5 Å². The normalized spacial score (nSPS) is 26.8. The lowest BCUT2D eigenvalue weighted by atomic mass is 9.95. The summed E-state index contributed by atoms with van der Waals surface area (Å²) in [4.78, 5) is 26.2. The second kappa shape index (κ2) is 7.67. The van der Waals surface area contributed by atoms with Gasteiger partial charge in [-0.1, -0.05) is 19.3 Å². The smallest absolute Gasteiger partial charge is 0.257 e. The van der Waals surface area contributed by atoms with Crippen LogP contribution in [0.25, 0.3) is 0 Å². The molecular formula is C18H22F2N2O4. The number of aliphatic hydroxyl groups excluding tert-OH is 2. The number of carbonyl (C=O) groups is 2. The van der Waals surface area contributed by atoms with Gasteiger partial charge in [-0.3, -0.25) is 9.59 Å². The summed E-state index contributed by atoms with van der Waals surface area (Å²) in [5.41, 5.74) is -0.414. The van der Waals surface area contributed by atoms with Gasteiger partial charge in [0, 0.05) is 12.1 Å². The molecule has 1 heterocycles. The molecule has 1 aliphatic carbocycles. The van der Waals surface area contributed by atoms with Crippen LogP contribution in [0.4, 0.5) is 8.78 Å². The molecule has 0 aromatic heterocycles. The molecule has 3 rings (SSSR count). The SMILES string of the molecule is O=C(NC1CCCCC1)C1[C@H](O)[C@@H](O)CN1C(=O)c1ccc(F)cc1F. The van der Waals surface area contributed by atoms with Crippen LogP contribution in [0.3, 0.4) is 0 Å². The molecule has 26 heavy (non-hydrogen) atoms. The molecule has 8 heteroatoms. The third-order valence-electron chi connectivity index (χ3n) is 5.08. The highest BCUT2D eigenvalue weighted by molar-refractivity contribution is 5.98. The van der Waals surface area contributed by atoms with E-state index in [2.05, 4.69) is 5.32 Å². The largest absolute Gasteiger partial charge is 0.388 e. The molecular weight excluding hydrogens is 346 g/mol. The number of β-amino-alcohol motifs (C(OH)–C–C–N with tert-alkyl or cyclic N) is 1. The fraction of sp³-hybridized carbons (Fsp3) is 0.556. The molecule has 1 aliphatic heterocycles. The van der Waals surface area contributed by atoms with Gasteiger partial charge in [0.15, 0.2) is 0 Å². The number of likely N-dealkylation sites (tertiary alicyclic amines) is 1. The zero-order valence-corrected chi connectivity index (χ0v) is 14.2. The number of aliphatic hydroxyl groups is 2. The van der Waals surface area contributed by atoms with Gasteiger partial charge in [-0.2, -0.15) is 0 Å². The Morgan fingerprint density at radius 1 is 1.12 bits per heavy atom. The second-order valence-corrected chi connectivity index (χ2v) is 6.93. The van der Waals surface area contributed by atoms with Crippen molar-refractivity contribution in [2.75, 3.05) is 6.54 Å². The van der Waals surface area contributed by atoms with Crippen molar-refractivity contribution in [2.45, 2.75) is 56.4 Å². The van der Waals surface area contributed by atoms with Crippen molar-refractivity contribution in [2.24, 2.45) is 0 Å². The van der Waals surface area contributed by atoms with Crippen LogP contribution in [0, 0.1) is 11.6 Å². The Morgan fingerprint density at radius 3 is 2.46 bits per heavy atom. The van der Waals surface area contributed by atoms with Crippen LogP contribution in [-0.2, 0) is 4.79 Å². The molecule has 1 saturated carbocycles. The summed E-state index contributed by atoms with van der Waals surface area (Å²) in [6, 6.07) is 1.15. The molecule has 0 spiro atoms. The predicted molar refractivity (Wildman–Crippen MR) is 88.2 cm³/mol. The van der Waals surface area contributed by atoms with Crippen molar-refractivity contribution in [3.05, 3.63) is 35.4 Å². The maximum Gasteiger partial charge on any atom is 0.257 e. The number of carbonyl (C=O) groups excluding carboxylic acids is 2. The topological polar surface area (TPSA) is 89.9 Å². The minimum absolute atomic E-state index is 0.0410. The summed E-state index contributed by atoms with van der Waals surface area (Å²) < 4.78 is 27.0. The Bertz CT molecular complexity index is 694. The molecule has 1 aromatic rings. The van der Waals surface area contributed by atoms with Gasteiger partial charge >= 0.3 is 0 Å². The first-order valence-electron chi connectivity index (χ1n) is 8.81. The van der Waals surface area contributed by atoms with Crippen molar-refractivity contribution in [3.63, 3.8) is 0 Å². The standard InChI is InChI=1S/C18H22F2N2O4/c19-10-6-7-12(13(20)8-10)18(26)22-9-14(23)16(24)15(22)17(25)21-11-4-2-1-3-5-11/h6-8,11,14-16,23-24H,1-5,9H2,(H,21,25)/t14-,15?,16+/m0/s1. The zero-order valence-electron chi connectivity index (χ0n) is 14.2. The van der Waals surface area contributed by atoms with Gasteiger partial charge in [0.1, 0.15) is 29.9 Å². The van der Waals surface area contributed by atoms with E-state index in [0.29, 0.717) is 6.07 Å². The molecule has 2 aliphatic rings. The van der Waals surface area contributed by atoms with Crippen LogP contribution >= 0.6 is 0 Å². The predicted octanol–water partition coefficient (Wildman–Crippen LogP) is 0.960. The van der Waals surface area contributed by atoms with E-state index >= 15 is 0 Å². The summed E-state index contributed by atoms with van der Waals surface area (Å²) in [7, 11) is 0. The lowest BCUT2D eigenvalue weighted by molar-refractivity contribution is -0.128. The third-order valence-corrected chi connectivity index (χ3v) is 5.08. The van der Waals surface area contributed by atoms with Crippen molar-refractivity contribution in [1.29, 1.82) is 0 Å². The van der Waals surface area contributed by atoms with E-state index < -0.39 is 47.3 Å². The van der Waals surface area contributed by atoms with E-state index in [1.165, 1.54) is 0 Å². The Balaban J connectivity index is 1.79. The van der Waals surface area contributed by atoms with Gasteiger partial charge in [-0.05, 0) is 25.0 Å². The fourth-order valence-corrected chi connectivity index (χ4v) is 3.67. The van der Waals surface area contributed by atoms with E-state index in [1.54, 1.807) is 0 Å². The average molecular weight is 368 g/mol. The Hall–Kier alpha value is -2.06. The molecule has 6 nitrogen and oxygen atoms in total. The van der Waals surface area contributed by atoms with Crippen molar-refractivity contribution in [1.82, 2.24) is 10.2 Å². The minimum Gasteiger partial charge on any atom is -0.388 e. The number of nitrogens with one attached hydrogen (secondary N) is 1. The Kier molecular flexibility index (Phi) is 5.52. The van der Waals surface area contributed by atoms with Gasteiger partial charge in [0.2, 0.25) is 5.91 Å². The summed E-state index contributed by atoms with van der Waals surface area (Å²) in [6.45, 7) is -0.306. The van der Waals surface area contributed by atoms with E-state index in [4.69, 9.17) is 0 Å². The number of hydrogen-bond donors (Lipinski definition) is 3. The highest BCUT2D eigenvalue weighted by atomic mass is 19.1. The first kappa shape index (κ1) is 18.7. The summed E-state index contributed by atoms with van der Waals surface area (Å²) >= 11 is 0. The highest BCUT2D eigenvalue weighted by Crippen LogP contribution is 2.24. The summed E-state index contributed by atoms with van der Waals surface area (Å²) in [6.07, 6.45) is 1.94. The van der Waals surface area contributed by atoms with Crippen LogP contribution in [-0.4, -0.2) is 57.8 Å². The van der Waals surface area contributed by atoms with E-state index in [9.17, 15) is 28.6 Å². The van der Waals surface area contributed by atoms with Crippen LogP contribution < -0.4 is 5.32 Å². The number of amides is 2. The Morgan fingerprint density at radius 2 is 1.81 bits per heavy atom. The number of rotatable bonds is 3. The van der Waals surface area contributed by atoms with Gasteiger partial charge in [-0.15, -0.1) is 0 Å². The molecule has 2 amide bonds. The Labute approximate surface area is 149 Å². The van der Waals surface area contributed by atoms with Crippen LogP contribution in [0.15, 0.2) is 18.2 Å². The summed E-state index contributed by atoms with van der Waals surface area (Å²) in [5.74, 6) is -3.33. The average Bonchev–Trinajstić information content (AvgIpc) is 2.90. The van der Waals surface area contributed by atoms with Crippen LogP contribution in [0.2, 0.25) is 0 Å². The van der Waals surface area contributed by atoms with Gasteiger partial charge in [-0.25, -0.2) is 8.78 Å². The molecule has 3 atom stereocenters. The van der Waals surface area contributed by atoms with Crippen LogP contribution in [0.5, 0.6) is 0 Å². The van der Waals surface area contributed by atoms with Gasteiger partial charge in [0.05, 0.1) is 12.1 Å². The summed E-state index contributed by atoms with van der Waals surface area (Å²) in [5, 5.41) is 22.9. The molecule has 0 radical (unpaired) electrons. The molecule has 3 N–H and O–H groups in total. The quantitative estimate of drug-likeness (QED) is 0.741. The van der Waals surface area contributed by atoms with Gasteiger partial charge < -0.3 is 20.4 Å². The fourth-order valence-electron chi connectivity index (χ4n) is 3.67. The lowest BCUT2D eigenvalue weighted by Crippen LogP contribution is -2.53. The maximum atomic E-state index is 13.9. The molecule has 0 bridgehead atoms. The molecule has 2 fully saturated rings. The first-order chi connectivity index (χ1) is 12.4. The number of halogens is 2. The van der Waals surface area contributed by atoms with Gasteiger partial charge in [0.25, 0.3) is 5.91 Å². The molecule has 1 saturated heterocycles. The van der Waals surface area contributed by atoms with Crippen molar-refractivity contribution in [3.8, 4) is 0 Å². The minimum atomic E-state index is -1.47. The number of benzene rings is 1.